The number of hydrogen-bond acceptors (Lipinski definition) is 8. The van der Waals surface area contributed by atoms with Crippen molar-refractivity contribution in [3.05, 3.63) is 41.9 Å². The number of carbonyl (C=O) groups is 1. The Bertz CT molecular complexity index is 1200. The molecule has 2 N–H and O–H groups in total. The predicted molar refractivity (Wildman–Crippen MR) is 106 cm³/mol. The molecule has 0 bridgehead atoms. The van der Waals surface area contributed by atoms with Crippen LogP contribution in [-0.2, 0) is 0 Å². The van der Waals surface area contributed by atoms with E-state index in [9.17, 15) is 4.79 Å². The average Bonchev–Trinajstić information content (AvgIpc) is 3.41. The molecule has 2 aliphatic heterocycles. The molecule has 146 valence electrons. The molecular weight excluding hydrogens is 374 g/mol. The van der Waals surface area contributed by atoms with E-state index in [1.165, 1.54) is 12.5 Å². The summed E-state index contributed by atoms with van der Waals surface area (Å²) in [5, 5.41) is 2.87. The van der Waals surface area contributed by atoms with Gasteiger partial charge in [-0.15, -0.1) is 0 Å². The van der Waals surface area contributed by atoms with Crippen LogP contribution < -0.4 is 14.8 Å². The van der Waals surface area contributed by atoms with Crippen LogP contribution in [0.25, 0.3) is 11.2 Å². The van der Waals surface area contributed by atoms with Crippen LogP contribution in [0.4, 0.5) is 5.69 Å². The second-order valence-corrected chi connectivity index (χ2v) is 6.44. The topological polar surface area (TPSA) is 117 Å². The molecule has 2 aromatic heterocycles. The zero-order valence-corrected chi connectivity index (χ0v) is 15.8. The maximum atomic E-state index is 12.9. The monoisotopic (exact) mass is 391 g/mol. The molecule has 0 fully saturated rings. The van der Waals surface area contributed by atoms with Crippen molar-refractivity contribution >= 4 is 34.6 Å². The van der Waals surface area contributed by atoms with Crippen molar-refractivity contribution in [1.29, 1.82) is 0 Å². The summed E-state index contributed by atoms with van der Waals surface area (Å²) in [4.78, 5) is 35.3. The molecule has 0 aliphatic carbocycles. The normalized spacial score (nSPS) is 14.8. The van der Waals surface area contributed by atoms with Crippen LogP contribution in [0.2, 0.25) is 0 Å². The van der Waals surface area contributed by atoms with Crippen molar-refractivity contribution in [1.82, 2.24) is 25.2 Å². The number of nitrogens with zero attached hydrogens (tertiary/aromatic N) is 5. The molecule has 1 aromatic carbocycles. The number of amides is 1. The highest BCUT2D eigenvalue weighted by atomic mass is 16.5. The Labute approximate surface area is 165 Å². The third kappa shape index (κ3) is 2.68. The molecule has 5 rings (SSSR count). The van der Waals surface area contributed by atoms with Crippen LogP contribution in [0.1, 0.15) is 15.9 Å². The predicted octanol–water partition coefficient (Wildman–Crippen LogP) is 1.47. The Morgan fingerprint density at radius 1 is 1.24 bits per heavy atom. The van der Waals surface area contributed by atoms with E-state index in [2.05, 4.69) is 30.3 Å². The average molecular weight is 391 g/mol. The van der Waals surface area contributed by atoms with Crippen molar-refractivity contribution in [3.63, 3.8) is 0 Å². The number of fused-ring (bicyclic) bond motifs is 4. The summed E-state index contributed by atoms with van der Waals surface area (Å²) in [6.45, 7) is 1.23. The Morgan fingerprint density at radius 2 is 2.14 bits per heavy atom. The molecule has 1 amide bonds. The Kier molecular flexibility index (Phi) is 3.90. The molecule has 4 heterocycles. The highest BCUT2D eigenvalue weighted by Gasteiger charge is 2.33. The van der Waals surface area contributed by atoms with Crippen LogP contribution in [0.3, 0.4) is 0 Å². The number of methoxy groups -OCH3 is 2. The Morgan fingerprint density at radius 3 is 2.97 bits per heavy atom. The number of carbonyl (C=O) groups excluding carboxylic acids is 1. The molecule has 0 radical (unpaired) electrons. The summed E-state index contributed by atoms with van der Waals surface area (Å²) in [7, 11) is 3.12. The molecule has 0 spiro atoms. The van der Waals surface area contributed by atoms with E-state index >= 15 is 0 Å². The first-order valence-corrected chi connectivity index (χ1v) is 8.96. The number of benzene rings is 1. The highest BCUT2D eigenvalue weighted by molar-refractivity contribution is 6.20. The van der Waals surface area contributed by atoms with Gasteiger partial charge in [-0.05, 0) is 18.2 Å². The number of amidine groups is 1. The number of aromatic amines is 1. The minimum atomic E-state index is -0.335. The van der Waals surface area contributed by atoms with Gasteiger partial charge in [-0.25, -0.2) is 15.0 Å². The number of aromatic nitrogens is 3. The van der Waals surface area contributed by atoms with E-state index in [0.29, 0.717) is 53.0 Å². The lowest BCUT2D eigenvalue weighted by Gasteiger charge is -2.28. The largest absolute Gasteiger partial charge is 0.493 e. The lowest BCUT2D eigenvalue weighted by molar-refractivity contribution is 0.0974. The van der Waals surface area contributed by atoms with Crippen LogP contribution in [0.5, 0.6) is 11.5 Å². The summed E-state index contributed by atoms with van der Waals surface area (Å²) in [6, 6.07) is 5.39. The summed E-state index contributed by atoms with van der Waals surface area (Å²) >= 11 is 0. The van der Waals surface area contributed by atoms with Crippen molar-refractivity contribution in [3.8, 4) is 11.5 Å². The highest BCUT2D eigenvalue weighted by Crippen LogP contribution is 2.42. The first-order chi connectivity index (χ1) is 14.2. The number of rotatable bonds is 3. The Hall–Kier alpha value is -3.95. The van der Waals surface area contributed by atoms with Gasteiger partial charge in [0.1, 0.15) is 17.0 Å². The first kappa shape index (κ1) is 17.2. The number of ether oxygens (including phenoxy) is 2. The van der Waals surface area contributed by atoms with Gasteiger partial charge < -0.3 is 14.5 Å². The number of nitrogens with one attached hydrogen (secondary N) is 2. The SMILES string of the molecule is COc1ccc2c(c1OC)N=C(NC(=O)c1cnc3[nH]cnc3c1)N1CCN=C21. The van der Waals surface area contributed by atoms with E-state index in [1.54, 1.807) is 20.3 Å². The molecule has 0 saturated carbocycles. The van der Waals surface area contributed by atoms with Crippen LogP contribution >= 0.6 is 0 Å². The van der Waals surface area contributed by atoms with Gasteiger partial charge in [0.05, 0.1) is 32.7 Å². The van der Waals surface area contributed by atoms with Gasteiger partial charge in [0.15, 0.2) is 17.1 Å². The van der Waals surface area contributed by atoms with Gasteiger partial charge in [0.25, 0.3) is 5.91 Å². The molecule has 0 saturated heterocycles. The minimum absolute atomic E-state index is 0.335. The molecule has 0 atom stereocenters. The molecule has 3 aromatic rings. The second kappa shape index (κ2) is 6.59. The maximum absolute atomic E-state index is 12.9. The first-order valence-electron chi connectivity index (χ1n) is 8.96. The van der Waals surface area contributed by atoms with Gasteiger partial charge in [0.2, 0.25) is 5.96 Å². The molecular formula is C19H17N7O3. The number of aliphatic imine (C=N–C) groups is 2. The van der Waals surface area contributed by atoms with E-state index in [-0.39, 0.29) is 5.91 Å². The van der Waals surface area contributed by atoms with Crippen molar-refractivity contribution in [2.75, 3.05) is 27.3 Å². The van der Waals surface area contributed by atoms with E-state index in [1.807, 2.05) is 17.0 Å². The fourth-order valence-electron chi connectivity index (χ4n) is 3.47. The van der Waals surface area contributed by atoms with Crippen molar-refractivity contribution < 1.29 is 14.3 Å². The van der Waals surface area contributed by atoms with Crippen LogP contribution in [-0.4, -0.2) is 64.9 Å². The Balaban J connectivity index is 1.55. The van der Waals surface area contributed by atoms with Gasteiger partial charge >= 0.3 is 0 Å². The van der Waals surface area contributed by atoms with Crippen LogP contribution in [0, 0.1) is 0 Å². The quantitative estimate of drug-likeness (QED) is 0.698. The number of hydrogen-bond donors (Lipinski definition) is 2. The lowest BCUT2D eigenvalue weighted by atomic mass is 10.1. The van der Waals surface area contributed by atoms with E-state index in [0.717, 1.165) is 11.4 Å². The van der Waals surface area contributed by atoms with Crippen molar-refractivity contribution in [2.45, 2.75) is 0 Å². The zero-order chi connectivity index (χ0) is 20.0. The number of pyridine rings is 1. The fourth-order valence-corrected chi connectivity index (χ4v) is 3.47. The number of H-pyrrole nitrogens is 1. The molecule has 2 aliphatic rings. The van der Waals surface area contributed by atoms with Crippen LogP contribution in [0.15, 0.2) is 40.7 Å². The smallest absolute Gasteiger partial charge is 0.259 e. The summed E-state index contributed by atoms with van der Waals surface area (Å²) in [5.41, 5.74) is 3.02. The standard InChI is InChI=1S/C19H17N7O3/c1-28-13-4-3-11-14(15(13)29-2)24-19(26-6-5-20-17(11)26)25-18(27)10-7-12-16(21-8-10)23-9-22-12/h3-4,7-9H,5-6H2,1-2H3,(H,21,22,23)(H,24,25,27). The van der Waals surface area contributed by atoms with Gasteiger partial charge in [0, 0.05) is 18.3 Å². The fraction of sp³-hybridized carbons (Fsp3) is 0.211. The molecule has 0 unspecified atom stereocenters. The van der Waals surface area contributed by atoms with E-state index < -0.39 is 0 Å². The molecule has 10 nitrogen and oxygen atoms in total. The molecule has 10 heteroatoms. The third-order valence-corrected chi connectivity index (χ3v) is 4.83. The number of guanidine groups is 1. The summed E-state index contributed by atoms with van der Waals surface area (Å²) < 4.78 is 10.9. The third-order valence-electron chi connectivity index (χ3n) is 4.83. The maximum Gasteiger partial charge on any atom is 0.259 e. The van der Waals surface area contributed by atoms with Gasteiger partial charge in [-0.1, -0.05) is 0 Å². The summed E-state index contributed by atoms with van der Waals surface area (Å²) in [5.74, 6) is 1.84. The van der Waals surface area contributed by atoms with Gasteiger partial charge in [-0.2, -0.15) is 0 Å². The number of imidazole rings is 1. The zero-order valence-electron chi connectivity index (χ0n) is 15.8. The van der Waals surface area contributed by atoms with Crippen molar-refractivity contribution in [2.24, 2.45) is 9.98 Å². The van der Waals surface area contributed by atoms with Gasteiger partial charge in [-0.3, -0.25) is 20.0 Å². The second-order valence-electron chi connectivity index (χ2n) is 6.44. The molecule has 29 heavy (non-hydrogen) atoms. The van der Waals surface area contributed by atoms with E-state index in [4.69, 9.17) is 9.47 Å². The summed E-state index contributed by atoms with van der Waals surface area (Å²) in [6.07, 6.45) is 3.03. The minimum Gasteiger partial charge on any atom is -0.493 e. The lowest BCUT2D eigenvalue weighted by Crippen LogP contribution is -2.47.